The van der Waals surface area contributed by atoms with Crippen LogP contribution in [0.4, 0.5) is 0 Å². The van der Waals surface area contributed by atoms with Crippen LogP contribution in [0.1, 0.15) is 28.8 Å². The fourth-order valence-corrected chi connectivity index (χ4v) is 2.70. The molecule has 0 aliphatic rings. The highest BCUT2D eigenvalue weighted by Gasteiger charge is 2.23. The molecule has 23 heavy (non-hydrogen) atoms. The number of nitrogens with one attached hydrogen (secondary N) is 1. The zero-order valence-electron chi connectivity index (χ0n) is 14.5. The Kier molecular flexibility index (Phi) is 5.50. The second kappa shape index (κ2) is 7.37. The van der Waals surface area contributed by atoms with Gasteiger partial charge >= 0.3 is 0 Å². The Morgan fingerprint density at radius 1 is 1.26 bits per heavy atom. The van der Waals surface area contributed by atoms with Gasteiger partial charge in [-0.05, 0) is 46.0 Å². The molecule has 1 N–H and O–H groups in total. The Balaban J connectivity index is 2.02. The topological polar surface area (TPSA) is 63.1 Å². The van der Waals surface area contributed by atoms with E-state index in [2.05, 4.69) is 15.4 Å². The lowest BCUT2D eigenvalue weighted by Gasteiger charge is -2.25. The Bertz CT molecular complexity index is 677. The summed E-state index contributed by atoms with van der Waals surface area (Å²) < 4.78 is 1.81. The minimum Gasteiger partial charge on any atom is -0.353 e. The molecular weight excluding hydrogens is 290 g/mol. The Morgan fingerprint density at radius 2 is 1.96 bits per heavy atom. The van der Waals surface area contributed by atoms with E-state index in [0.29, 0.717) is 13.1 Å². The SMILES string of the molecule is Cc1nc(C)n(CCNC(=O)C(c2ccccc2C)N(C)C)n1. The highest BCUT2D eigenvalue weighted by atomic mass is 16.2. The number of aromatic nitrogens is 3. The van der Waals surface area contributed by atoms with Crippen molar-refractivity contribution in [2.45, 2.75) is 33.4 Å². The molecule has 1 amide bonds. The van der Waals surface area contributed by atoms with E-state index in [9.17, 15) is 4.79 Å². The number of nitrogens with zero attached hydrogens (tertiary/aromatic N) is 4. The fourth-order valence-electron chi connectivity index (χ4n) is 2.70. The monoisotopic (exact) mass is 315 g/mol. The first kappa shape index (κ1) is 17.1. The van der Waals surface area contributed by atoms with Gasteiger partial charge in [0.25, 0.3) is 0 Å². The van der Waals surface area contributed by atoms with E-state index >= 15 is 0 Å². The number of aryl methyl sites for hydroxylation is 3. The molecule has 0 aliphatic heterocycles. The zero-order valence-corrected chi connectivity index (χ0v) is 14.5. The van der Waals surface area contributed by atoms with E-state index in [-0.39, 0.29) is 11.9 Å². The van der Waals surface area contributed by atoms with Gasteiger partial charge < -0.3 is 5.32 Å². The fraction of sp³-hybridized carbons (Fsp3) is 0.471. The van der Waals surface area contributed by atoms with Crippen LogP contribution < -0.4 is 5.32 Å². The second-order valence-electron chi connectivity index (χ2n) is 5.94. The third kappa shape index (κ3) is 4.16. The van der Waals surface area contributed by atoms with Crippen LogP contribution in [0.2, 0.25) is 0 Å². The molecule has 1 aromatic heterocycles. The first-order valence-corrected chi connectivity index (χ1v) is 7.78. The van der Waals surface area contributed by atoms with Gasteiger partial charge in [0.2, 0.25) is 5.91 Å². The van der Waals surface area contributed by atoms with Gasteiger partial charge in [-0.15, -0.1) is 0 Å². The minimum absolute atomic E-state index is 0.00112. The number of likely N-dealkylation sites (N-methyl/N-ethyl adjacent to an activating group) is 1. The molecule has 6 heteroatoms. The lowest BCUT2D eigenvalue weighted by Crippen LogP contribution is -2.38. The molecule has 124 valence electrons. The van der Waals surface area contributed by atoms with Crippen molar-refractivity contribution in [1.82, 2.24) is 25.0 Å². The Labute approximate surface area is 137 Å². The van der Waals surface area contributed by atoms with E-state index < -0.39 is 0 Å². The summed E-state index contributed by atoms with van der Waals surface area (Å²) in [5.41, 5.74) is 2.15. The van der Waals surface area contributed by atoms with Gasteiger partial charge in [0.15, 0.2) is 0 Å². The van der Waals surface area contributed by atoms with Crippen LogP contribution in [-0.4, -0.2) is 46.2 Å². The first-order chi connectivity index (χ1) is 10.9. The minimum atomic E-state index is -0.297. The zero-order chi connectivity index (χ0) is 17.0. The van der Waals surface area contributed by atoms with Crippen molar-refractivity contribution in [3.05, 3.63) is 47.0 Å². The number of hydrogen-bond donors (Lipinski definition) is 1. The van der Waals surface area contributed by atoms with Crippen LogP contribution in [0.15, 0.2) is 24.3 Å². The van der Waals surface area contributed by atoms with Gasteiger partial charge in [-0.1, -0.05) is 24.3 Å². The molecule has 2 aromatic rings. The Morgan fingerprint density at radius 3 is 2.52 bits per heavy atom. The van der Waals surface area contributed by atoms with Crippen molar-refractivity contribution >= 4 is 5.91 Å². The third-order valence-electron chi connectivity index (χ3n) is 3.83. The molecule has 0 bridgehead atoms. The number of carbonyl (C=O) groups is 1. The van der Waals surface area contributed by atoms with Crippen LogP contribution in [0, 0.1) is 20.8 Å². The van der Waals surface area contributed by atoms with Gasteiger partial charge in [0.05, 0.1) is 6.54 Å². The average molecular weight is 315 g/mol. The molecule has 1 unspecified atom stereocenters. The summed E-state index contributed by atoms with van der Waals surface area (Å²) in [5.74, 6) is 1.61. The van der Waals surface area contributed by atoms with Crippen molar-refractivity contribution in [3.8, 4) is 0 Å². The van der Waals surface area contributed by atoms with Crippen molar-refractivity contribution in [2.24, 2.45) is 0 Å². The third-order valence-corrected chi connectivity index (χ3v) is 3.83. The quantitative estimate of drug-likeness (QED) is 0.880. The molecule has 0 saturated heterocycles. The number of benzene rings is 1. The van der Waals surface area contributed by atoms with Gasteiger partial charge in [-0.25, -0.2) is 9.67 Å². The molecule has 0 spiro atoms. The highest BCUT2D eigenvalue weighted by Crippen LogP contribution is 2.21. The maximum absolute atomic E-state index is 12.6. The van der Waals surface area contributed by atoms with Crippen LogP contribution in [-0.2, 0) is 11.3 Å². The average Bonchev–Trinajstić information content (AvgIpc) is 2.79. The molecule has 6 nitrogen and oxygen atoms in total. The molecule has 2 rings (SSSR count). The highest BCUT2D eigenvalue weighted by molar-refractivity contribution is 5.83. The van der Waals surface area contributed by atoms with E-state index in [1.807, 2.05) is 68.7 Å². The van der Waals surface area contributed by atoms with Crippen LogP contribution in [0.25, 0.3) is 0 Å². The number of rotatable bonds is 6. The molecule has 1 aromatic carbocycles. The van der Waals surface area contributed by atoms with Gasteiger partial charge in [0, 0.05) is 6.54 Å². The van der Waals surface area contributed by atoms with Gasteiger partial charge in [-0.2, -0.15) is 5.10 Å². The summed E-state index contributed by atoms with van der Waals surface area (Å²) in [7, 11) is 3.84. The smallest absolute Gasteiger partial charge is 0.242 e. The summed E-state index contributed by atoms with van der Waals surface area (Å²) in [6, 6.07) is 7.69. The summed E-state index contributed by atoms with van der Waals surface area (Å²) in [4.78, 5) is 18.8. The van der Waals surface area contributed by atoms with Crippen molar-refractivity contribution in [1.29, 1.82) is 0 Å². The molecule has 0 fully saturated rings. The number of amides is 1. The standard InChI is InChI=1S/C17H25N5O/c1-12-8-6-7-9-15(12)16(21(4)5)17(23)18-10-11-22-14(3)19-13(2)20-22/h6-9,16H,10-11H2,1-5H3,(H,18,23). The molecule has 1 atom stereocenters. The summed E-state index contributed by atoms with van der Waals surface area (Å²) >= 11 is 0. The summed E-state index contributed by atoms with van der Waals surface area (Å²) in [6.45, 7) is 6.95. The van der Waals surface area contributed by atoms with Crippen molar-refractivity contribution in [2.75, 3.05) is 20.6 Å². The van der Waals surface area contributed by atoms with Crippen molar-refractivity contribution < 1.29 is 4.79 Å². The van der Waals surface area contributed by atoms with E-state index in [0.717, 1.165) is 22.8 Å². The maximum atomic E-state index is 12.6. The number of hydrogen-bond acceptors (Lipinski definition) is 4. The van der Waals surface area contributed by atoms with Crippen molar-refractivity contribution in [3.63, 3.8) is 0 Å². The molecule has 1 heterocycles. The van der Waals surface area contributed by atoms with E-state index in [1.54, 1.807) is 0 Å². The van der Waals surface area contributed by atoms with E-state index in [4.69, 9.17) is 0 Å². The second-order valence-corrected chi connectivity index (χ2v) is 5.94. The van der Waals surface area contributed by atoms with Crippen LogP contribution in [0.5, 0.6) is 0 Å². The van der Waals surface area contributed by atoms with Gasteiger partial charge in [-0.3, -0.25) is 9.69 Å². The van der Waals surface area contributed by atoms with Crippen LogP contribution in [0.3, 0.4) is 0 Å². The first-order valence-electron chi connectivity index (χ1n) is 7.78. The summed E-state index contributed by atoms with van der Waals surface area (Å²) in [6.07, 6.45) is 0. The molecule has 0 aliphatic carbocycles. The molecular formula is C17H25N5O. The van der Waals surface area contributed by atoms with Crippen LogP contribution >= 0.6 is 0 Å². The number of carbonyl (C=O) groups excluding carboxylic acids is 1. The predicted octanol–water partition coefficient (Wildman–Crippen LogP) is 1.62. The normalized spacial score (nSPS) is 12.4. The lowest BCUT2D eigenvalue weighted by molar-refractivity contribution is -0.125. The Hall–Kier alpha value is -2.21. The molecule has 0 radical (unpaired) electrons. The molecule has 0 saturated carbocycles. The lowest BCUT2D eigenvalue weighted by atomic mass is 10.00. The predicted molar refractivity (Wildman–Crippen MR) is 90.1 cm³/mol. The van der Waals surface area contributed by atoms with E-state index in [1.165, 1.54) is 0 Å². The summed E-state index contributed by atoms with van der Waals surface area (Å²) in [5, 5.41) is 7.31. The maximum Gasteiger partial charge on any atom is 0.242 e. The largest absolute Gasteiger partial charge is 0.353 e. The van der Waals surface area contributed by atoms with Gasteiger partial charge in [0.1, 0.15) is 17.7 Å².